The Labute approximate surface area is 142 Å². The highest BCUT2D eigenvalue weighted by Crippen LogP contribution is 2.15. The first-order chi connectivity index (χ1) is 11.7. The number of aryl methyl sites for hydroxylation is 1. The van der Waals surface area contributed by atoms with Gasteiger partial charge in [0, 0.05) is 11.4 Å². The summed E-state index contributed by atoms with van der Waals surface area (Å²) < 4.78 is 0. The molecule has 0 fully saturated rings. The number of carbonyl (C=O) groups is 1. The molecule has 0 aliphatic heterocycles. The Balaban J connectivity index is 1.58. The molecule has 0 radical (unpaired) electrons. The third-order valence-electron chi connectivity index (χ3n) is 3.77. The number of amides is 2. The molecule has 120 valence electrons. The quantitative estimate of drug-likeness (QED) is 0.680. The van der Waals surface area contributed by atoms with Crippen molar-refractivity contribution in [1.29, 1.82) is 0 Å². The van der Waals surface area contributed by atoms with Gasteiger partial charge in [0.2, 0.25) is 0 Å². The Morgan fingerprint density at radius 1 is 0.708 bits per heavy atom. The molecule has 0 saturated carbocycles. The van der Waals surface area contributed by atoms with Crippen LogP contribution < -0.4 is 10.6 Å². The van der Waals surface area contributed by atoms with E-state index in [4.69, 9.17) is 0 Å². The second kappa shape index (κ2) is 7.47. The largest absolute Gasteiger partial charge is 0.323 e. The van der Waals surface area contributed by atoms with E-state index in [-0.39, 0.29) is 6.03 Å². The third kappa shape index (κ3) is 4.46. The Morgan fingerprint density at radius 3 is 1.79 bits per heavy atom. The lowest BCUT2D eigenvalue weighted by atomic mass is 10.0. The first kappa shape index (κ1) is 15.8. The molecule has 0 aliphatic rings. The van der Waals surface area contributed by atoms with Gasteiger partial charge in [-0.05, 0) is 48.7 Å². The Morgan fingerprint density at radius 2 is 1.21 bits per heavy atom. The topological polar surface area (TPSA) is 41.1 Å². The number of benzene rings is 3. The number of para-hydroxylation sites is 1. The molecule has 3 heteroatoms. The predicted octanol–water partition coefficient (Wildman–Crippen LogP) is 5.23. The predicted molar refractivity (Wildman–Crippen MR) is 99.5 cm³/mol. The molecule has 0 unspecified atom stereocenters. The fourth-order valence-electron chi connectivity index (χ4n) is 2.46. The number of anilines is 2. The molecule has 0 heterocycles. The monoisotopic (exact) mass is 316 g/mol. The van der Waals surface area contributed by atoms with Gasteiger partial charge in [0.15, 0.2) is 0 Å². The fourth-order valence-corrected chi connectivity index (χ4v) is 2.46. The number of hydrogen-bond acceptors (Lipinski definition) is 1. The van der Waals surface area contributed by atoms with Crippen LogP contribution in [0.2, 0.25) is 0 Å². The summed E-state index contributed by atoms with van der Waals surface area (Å²) in [6.07, 6.45) is 0.886. The van der Waals surface area contributed by atoms with E-state index in [0.29, 0.717) is 0 Å². The van der Waals surface area contributed by atoms with E-state index >= 15 is 0 Å². The van der Waals surface area contributed by atoms with E-state index in [2.05, 4.69) is 41.8 Å². The molecule has 3 rings (SSSR count). The molecule has 2 amide bonds. The van der Waals surface area contributed by atoms with Crippen molar-refractivity contribution in [2.45, 2.75) is 13.3 Å². The van der Waals surface area contributed by atoms with Gasteiger partial charge in [-0.1, -0.05) is 60.2 Å². The highest BCUT2D eigenvalue weighted by molar-refractivity contribution is 5.99. The van der Waals surface area contributed by atoms with Crippen LogP contribution in [0.4, 0.5) is 16.2 Å². The van der Waals surface area contributed by atoms with Gasteiger partial charge in [-0.25, -0.2) is 4.79 Å². The van der Waals surface area contributed by atoms with E-state index in [9.17, 15) is 4.79 Å². The van der Waals surface area contributed by atoms with E-state index < -0.39 is 0 Å². The van der Waals surface area contributed by atoms with Crippen molar-refractivity contribution < 1.29 is 4.79 Å². The van der Waals surface area contributed by atoms with Crippen LogP contribution in [0.25, 0.3) is 0 Å². The molecular weight excluding hydrogens is 296 g/mol. The molecule has 0 aromatic heterocycles. The molecular formula is C21H20N2O. The van der Waals surface area contributed by atoms with E-state index in [0.717, 1.165) is 17.8 Å². The Bertz CT molecular complexity index is 794. The van der Waals surface area contributed by atoms with Gasteiger partial charge >= 0.3 is 6.03 Å². The van der Waals surface area contributed by atoms with Crippen molar-refractivity contribution in [3.05, 3.63) is 95.6 Å². The molecule has 3 nitrogen and oxygen atoms in total. The van der Waals surface area contributed by atoms with Gasteiger partial charge < -0.3 is 10.6 Å². The van der Waals surface area contributed by atoms with Gasteiger partial charge in [-0.3, -0.25) is 0 Å². The second-order valence-electron chi connectivity index (χ2n) is 5.80. The number of nitrogens with one attached hydrogen (secondary N) is 2. The summed E-state index contributed by atoms with van der Waals surface area (Å²) in [6.45, 7) is 2.09. The smallest absolute Gasteiger partial charge is 0.308 e. The minimum absolute atomic E-state index is 0.243. The summed E-state index contributed by atoms with van der Waals surface area (Å²) in [7, 11) is 0. The van der Waals surface area contributed by atoms with Gasteiger partial charge in [0.05, 0.1) is 0 Å². The van der Waals surface area contributed by atoms with Crippen molar-refractivity contribution >= 4 is 17.4 Å². The zero-order chi connectivity index (χ0) is 16.8. The maximum Gasteiger partial charge on any atom is 0.323 e. The molecule has 24 heavy (non-hydrogen) atoms. The lowest BCUT2D eigenvalue weighted by Gasteiger charge is -2.08. The minimum atomic E-state index is -0.243. The first-order valence-corrected chi connectivity index (χ1v) is 7.96. The van der Waals surface area contributed by atoms with Crippen molar-refractivity contribution in [3.8, 4) is 0 Å². The molecule has 0 atom stereocenters. The average Bonchev–Trinajstić information content (AvgIpc) is 2.59. The van der Waals surface area contributed by atoms with Crippen molar-refractivity contribution in [2.24, 2.45) is 0 Å². The summed E-state index contributed by atoms with van der Waals surface area (Å²) in [4.78, 5) is 12.0. The number of urea groups is 1. The van der Waals surface area contributed by atoms with Gasteiger partial charge in [-0.2, -0.15) is 0 Å². The van der Waals surface area contributed by atoms with E-state index in [1.807, 2.05) is 54.6 Å². The van der Waals surface area contributed by atoms with Crippen LogP contribution in [-0.4, -0.2) is 6.03 Å². The summed E-state index contributed by atoms with van der Waals surface area (Å²) in [5, 5.41) is 5.64. The summed E-state index contributed by atoms with van der Waals surface area (Å²) >= 11 is 0. The van der Waals surface area contributed by atoms with Crippen LogP contribution in [0.1, 0.15) is 16.7 Å². The van der Waals surface area contributed by atoms with Crippen molar-refractivity contribution in [3.63, 3.8) is 0 Å². The first-order valence-electron chi connectivity index (χ1n) is 7.96. The number of rotatable bonds is 4. The van der Waals surface area contributed by atoms with Crippen molar-refractivity contribution in [2.75, 3.05) is 10.6 Å². The van der Waals surface area contributed by atoms with Gasteiger partial charge in [0.1, 0.15) is 0 Å². The zero-order valence-electron chi connectivity index (χ0n) is 13.6. The van der Waals surface area contributed by atoms with Crippen LogP contribution in [0.3, 0.4) is 0 Å². The minimum Gasteiger partial charge on any atom is -0.308 e. The summed E-state index contributed by atoms with van der Waals surface area (Å²) in [5.74, 6) is 0. The maximum atomic E-state index is 12.0. The molecule has 2 N–H and O–H groups in total. The molecule has 0 bridgehead atoms. The molecule has 0 spiro atoms. The SMILES string of the molecule is Cc1ccc(Cc2ccc(NC(=O)Nc3ccccc3)cc2)cc1. The lowest BCUT2D eigenvalue weighted by Crippen LogP contribution is -2.19. The summed E-state index contributed by atoms with van der Waals surface area (Å²) in [6, 6.07) is 25.6. The Kier molecular flexibility index (Phi) is 4.92. The van der Waals surface area contributed by atoms with Crippen LogP contribution in [0.5, 0.6) is 0 Å². The Hall–Kier alpha value is -3.07. The van der Waals surface area contributed by atoms with Gasteiger partial charge in [-0.15, -0.1) is 0 Å². The van der Waals surface area contributed by atoms with Crippen molar-refractivity contribution in [1.82, 2.24) is 0 Å². The zero-order valence-corrected chi connectivity index (χ0v) is 13.6. The van der Waals surface area contributed by atoms with Crippen LogP contribution in [-0.2, 0) is 6.42 Å². The fraction of sp³-hybridized carbons (Fsp3) is 0.0952. The maximum absolute atomic E-state index is 12.0. The average molecular weight is 316 g/mol. The molecule has 0 aliphatic carbocycles. The van der Waals surface area contributed by atoms with E-state index in [1.165, 1.54) is 16.7 Å². The standard InChI is InChI=1S/C21H20N2O/c1-16-7-9-17(10-8-16)15-18-11-13-20(14-12-18)23-21(24)22-19-5-3-2-4-6-19/h2-14H,15H2,1H3,(H2,22,23,24). The second-order valence-corrected chi connectivity index (χ2v) is 5.80. The third-order valence-corrected chi connectivity index (χ3v) is 3.77. The highest BCUT2D eigenvalue weighted by Gasteiger charge is 2.03. The molecule has 0 saturated heterocycles. The molecule has 3 aromatic carbocycles. The highest BCUT2D eigenvalue weighted by atomic mass is 16.2. The number of carbonyl (C=O) groups excluding carboxylic acids is 1. The lowest BCUT2D eigenvalue weighted by molar-refractivity contribution is 0.262. The van der Waals surface area contributed by atoms with Gasteiger partial charge in [0.25, 0.3) is 0 Å². The van der Waals surface area contributed by atoms with E-state index in [1.54, 1.807) is 0 Å². The molecule has 3 aromatic rings. The summed E-state index contributed by atoms with van der Waals surface area (Å²) in [5.41, 5.74) is 5.31. The van der Waals surface area contributed by atoms with Crippen LogP contribution >= 0.6 is 0 Å². The van der Waals surface area contributed by atoms with Crippen LogP contribution in [0, 0.1) is 6.92 Å². The van der Waals surface area contributed by atoms with Crippen LogP contribution in [0.15, 0.2) is 78.9 Å². The normalized spacial score (nSPS) is 10.2. The number of hydrogen-bond donors (Lipinski definition) is 2.